The van der Waals surface area contributed by atoms with E-state index in [1.165, 1.54) is 0 Å². The van der Waals surface area contributed by atoms with Crippen LogP contribution in [0.4, 0.5) is 0 Å². The fourth-order valence-electron chi connectivity index (χ4n) is 1.51. The molecule has 0 aliphatic rings. The van der Waals surface area contributed by atoms with Crippen LogP contribution in [0.2, 0.25) is 0 Å². The van der Waals surface area contributed by atoms with Crippen LogP contribution in [0.25, 0.3) is 0 Å². The Morgan fingerprint density at radius 3 is 2.88 bits per heavy atom. The van der Waals surface area contributed by atoms with Crippen LogP contribution in [0.1, 0.15) is 26.0 Å². The van der Waals surface area contributed by atoms with Crippen LogP contribution in [-0.2, 0) is 11.2 Å². The first-order chi connectivity index (χ1) is 7.59. The first-order valence-corrected chi connectivity index (χ1v) is 5.65. The number of nitrogens with two attached hydrogens (primary N) is 1. The van der Waals surface area contributed by atoms with E-state index in [0.717, 1.165) is 5.76 Å². The predicted molar refractivity (Wildman–Crippen MR) is 62.9 cm³/mol. The highest BCUT2D eigenvalue weighted by Crippen LogP contribution is 2.03. The number of hydrogen-bond donors (Lipinski definition) is 2. The lowest BCUT2D eigenvalue weighted by Crippen LogP contribution is -2.42. The Kier molecular flexibility index (Phi) is 5.05. The summed E-state index contributed by atoms with van der Waals surface area (Å²) < 4.78 is 5.16. The third-order valence-electron chi connectivity index (χ3n) is 2.31. The van der Waals surface area contributed by atoms with Gasteiger partial charge in [0.2, 0.25) is 5.91 Å². The van der Waals surface area contributed by atoms with Crippen LogP contribution in [0.3, 0.4) is 0 Å². The SMILES string of the molecule is CC(C)CC(N)C(=O)NCCc1ccco1. The van der Waals surface area contributed by atoms with E-state index in [0.29, 0.717) is 25.3 Å². The summed E-state index contributed by atoms with van der Waals surface area (Å²) in [6.45, 7) is 4.67. The van der Waals surface area contributed by atoms with E-state index >= 15 is 0 Å². The monoisotopic (exact) mass is 224 g/mol. The van der Waals surface area contributed by atoms with Gasteiger partial charge in [-0.05, 0) is 24.5 Å². The zero-order valence-electron chi connectivity index (χ0n) is 9.90. The van der Waals surface area contributed by atoms with Crippen molar-refractivity contribution in [2.45, 2.75) is 32.7 Å². The molecule has 1 aromatic rings. The average Bonchev–Trinajstić information content (AvgIpc) is 2.69. The molecule has 0 saturated heterocycles. The average molecular weight is 224 g/mol. The molecule has 4 heteroatoms. The Morgan fingerprint density at radius 1 is 1.56 bits per heavy atom. The Morgan fingerprint density at radius 2 is 2.31 bits per heavy atom. The second-order valence-corrected chi connectivity index (χ2v) is 4.36. The van der Waals surface area contributed by atoms with Gasteiger partial charge in [-0.1, -0.05) is 13.8 Å². The molecule has 4 nitrogen and oxygen atoms in total. The van der Waals surface area contributed by atoms with Gasteiger partial charge in [-0.3, -0.25) is 4.79 Å². The molecule has 16 heavy (non-hydrogen) atoms. The first-order valence-electron chi connectivity index (χ1n) is 5.65. The number of rotatable bonds is 6. The summed E-state index contributed by atoms with van der Waals surface area (Å²) in [5.74, 6) is 1.23. The second-order valence-electron chi connectivity index (χ2n) is 4.36. The summed E-state index contributed by atoms with van der Waals surface area (Å²) >= 11 is 0. The summed E-state index contributed by atoms with van der Waals surface area (Å²) in [7, 11) is 0. The van der Waals surface area contributed by atoms with E-state index in [1.54, 1.807) is 6.26 Å². The van der Waals surface area contributed by atoms with Gasteiger partial charge < -0.3 is 15.5 Å². The Balaban J connectivity index is 2.19. The van der Waals surface area contributed by atoms with Gasteiger partial charge in [0.25, 0.3) is 0 Å². The smallest absolute Gasteiger partial charge is 0.236 e. The number of hydrogen-bond acceptors (Lipinski definition) is 3. The van der Waals surface area contributed by atoms with E-state index in [1.807, 2.05) is 12.1 Å². The van der Waals surface area contributed by atoms with E-state index < -0.39 is 6.04 Å². The largest absolute Gasteiger partial charge is 0.469 e. The second kappa shape index (κ2) is 6.33. The van der Waals surface area contributed by atoms with Crippen LogP contribution in [0.5, 0.6) is 0 Å². The maximum Gasteiger partial charge on any atom is 0.236 e. The summed E-state index contributed by atoms with van der Waals surface area (Å²) in [6, 6.07) is 3.32. The maximum atomic E-state index is 11.5. The lowest BCUT2D eigenvalue weighted by molar-refractivity contribution is -0.122. The zero-order valence-corrected chi connectivity index (χ0v) is 9.90. The van der Waals surface area contributed by atoms with Crippen molar-refractivity contribution in [2.24, 2.45) is 11.7 Å². The van der Waals surface area contributed by atoms with Crippen molar-refractivity contribution in [1.82, 2.24) is 5.32 Å². The lowest BCUT2D eigenvalue weighted by Gasteiger charge is -2.13. The molecule has 1 atom stereocenters. The first kappa shape index (κ1) is 12.8. The Hall–Kier alpha value is -1.29. The van der Waals surface area contributed by atoms with Crippen molar-refractivity contribution in [3.8, 4) is 0 Å². The molecular weight excluding hydrogens is 204 g/mol. The molecule has 0 spiro atoms. The lowest BCUT2D eigenvalue weighted by atomic mass is 10.0. The van der Waals surface area contributed by atoms with Crippen molar-refractivity contribution < 1.29 is 9.21 Å². The molecule has 0 fully saturated rings. The number of furan rings is 1. The van der Waals surface area contributed by atoms with Crippen LogP contribution >= 0.6 is 0 Å². The van der Waals surface area contributed by atoms with E-state index in [-0.39, 0.29) is 5.91 Å². The number of carbonyl (C=O) groups is 1. The maximum absolute atomic E-state index is 11.5. The highest BCUT2D eigenvalue weighted by molar-refractivity contribution is 5.81. The molecule has 0 aliphatic carbocycles. The minimum Gasteiger partial charge on any atom is -0.469 e. The molecule has 3 N–H and O–H groups in total. The standard InChI is InChI=1S/C12H20N2O2/c1-9(2)8-11(13)12(15)14-6-5-10-4-3-7-16-10/h3-4,7,9,11H,5-6,8,13H2,1-2H3,(H,14,15). The molecule has 1 aromatic heterocycles. The van der Waals surface area contributed by atoms with Crippen molar-refractivity contribution in [3.63, 3.8) is 0 Å². The number of carbonyl (C=O) groups excluding carboxylic acids is 1. The van der Waals surface area contributed by atoms with Crippen LogP contribution < -0.4 is 11.1 Å². The van der Waals surface area contributed by atoms with Gasteiger partial charge in [0, 0.05) is 13.0 Å². The summed E-state index contributed by atoms with van der Waals surface area (Å²) in [4.78, 5) is 11.5. The van der Waals surface area contributed by atoms with Gasteiger partial charge in [0.1, 0.15) is 5.76 Å². The third kappa shape index (κ3) is 4.49. The Bertz CT molecular complexity index is 307. The van der Waals surface area contributed by atoms with E-state index in [4.69, 9.17) is 10.2 Å². The van der Waals surface area contributed by atoms with E-state index in [2.05, 4.69) is 19.2 Å². The fraction of sp³-hybridized carbons (Fsp3) is 0.583. The molecular formula is C12H20N2O2. The molecule has 1 rings (SSSR count). The van der Waals surface area contributed by atoms with Gasteiger partial charge in [0.15, 0.2) is 0 Å². The topological polar surface area (TPSA) is 68.3 Å². The summed E-state index contributed by atoms with van der Waals surface area (Å²) in [5, 5.41) is 2.80. The minimum absolute atomic E-state index is 0.0831. The molecule has 1 amide bonds. The molecule has 0 radical (unpaired) electrons. The van der Waals surface area contributed by atoms with Crippen LogP contribution in [-0.4, -0.2) is 18.5 Å². The van der Waals surface area contributed by atoms with Gasteiger partial charge in [-0.15, -0.1) is 0 Å². The summed E-state index contributed by atoms with van der Waals surface area (Å²) in [6.07, 6.45) is 3.04. The third-order valence-corrected chi connectivity index (χ3v) is 2.31. The quantitative estimate of drug-likeness (QED) is 0.765. The number of nitrogens with one attached hydrogen (secondary N) is 1. The van der Waals surface area contributed by atoms with Gasteiger partial charge >= 0.3 is 0 Å². The zero-order chi connectivity index (χ0) is 12.0. The molecule has 90 valence electrons. The van der Waals surface area contributed by atoms with Crippen molar-refractivity contribution in [2.75, 3.05) is 6.54 Å². The van der Waals surface area contributed by atoms with Crippen LogP contribution in [0.15, 0.2) is 22.8 Å². The van der Waals surface area contributed by atoms with Crippen molar-refractivity contribution in [1.29, 1.82) is 0 Å². The number of amides is 1. The molecule has 0 aliphatic heterocycles. The van der Waals surface area contributed by atoms with Crippen molar-refractivity contribution in [3.05, 3.63) is 24.2 Å². The Labute approximate surface area is 96.2 Å². The molecule has 0 bridgehead atoms. The van der Waals surface area contributed by atoms with Gasteiger partial charge in [0.05, 0.1) is 12.3 Å². The molecule has 1 unspecified atom stereocenters. The van der Waals surface area contributed by atoms with Gasteiger partial charge in [-0.2, -0.15) is 0 Å². The summed E-state index contributed by atoms with van der Waals surface area (Å²) in [5.41, 5.74) is 5.74. The predicted octanol–water partition coefficient (Wildman–Crippen LogP) is 1.31. The molecule has 0 saturated carbocycles. The van der Waals surface area contributed by atoms with E-state index in [9.17, 15) is 4.79 Å². The normalized spacial score (nSPS) is 12.8. The molecule has 0 aromatic carbocycles. The van der Waals surface area contributed by atoms with Crippen molar-refractivity contribution >= 4 is 5.91 Å². The highest BCUT2D eigenvalue weighted by atomic mass is 16.3. The highest BCUT2D eigenvalue weighted by Gasteiger charge is 2.14. The van der Waals surface area contributed by atoms with Gasteiger partial charge in [-0.25, -0.2) is 0 Å². The van der Waals surface area contributed by atoms with Crippen LogP contribution in [0, 0.1) is 5.92 Å². The fourth-order valence-corrected chi connectivity index (χ4v) is 1.51. The minimum atomic E-state index is -0.406. The molecule has 1 heterocycles.